The zero-order valence-electron chi connectivity index (χ0n) is 19.2. The summed E-state index contributed by atoms with van der Waals surface area (Å²) in [4.78, 5) is 16.8. The van der Waals surface area contributed by atoms with Gasteiger partial charge in [0.1, 0.15) is 10.7 Å². The minimum atomic E-state index is -4.59. The predicted octanol–water partition coefficient (Wildman–Crippen LogP) is 5.69. The maximum absolute atomic E-state index is 13.4. The van der Waals surface area contributed by atoms with Crippen molar-refractivity contribution in [1.29, 1.82) is 0 Å². The summed E-state index contributed by atoms with van der Waals surface area (Å²) >= 11 is 6.45. The third-order valence-corrected chi connectivity index (χ3v) is 8.35. The summed E-state index contributed by atoms with van der Waals surface area (Å²) < 4.78 is 70.1. The Morgan fingerprint density at radius 1 is 0.972 bits per heavy atom. The van der Waals surface area contributed by atoms with Crippen molar-refractivity contribution in [3.8, 4) is 0 Å². The zero-order valence-corrected chi connectivity index (χ0v) is 20.8. The van der Waals surface area contributed by atoms with Gasteiger partial charge in [0.15, 0.2) is 0 Å². The molecule has 1 N–H and O–H groups in total. The first-order valence-corrected chi connectivity index (χ1v) is 13.6. The van der Waals surface area contributed by atoms with Crippen LogP contribution < -0.4 is 15.1 Å². The highest BCUT2D eigenvalue weighted by molar-refractivity contribution is 7.90. The molecule has 3 aliphatic rings. The summed E-state index contributed by atoms with van der Waals surface area (Å²) in [5.74, 6) is -0.351. The first-order valence-electron chi connectivity index (χ1n) is 11.8. The Morgan fingerprint density at radius 2 is 1.69 bits per heavy atom. The second-order valence-electron chi connectivity index (χ2n) is 9.12. The molecule has 0 aromatic heterocycles. The summed E-state index contributed by atoms with van der Waals surface area (Å²) in [5, 5.41) is 2.55. The number of nitrogens with zero attached hydrogens (tertiary/aromatic N) is 3. The van der Waals surface area contributed by atoms with Crippen molar-refractivity contribution in [3.63, 3.8) is 0 Å². The van der Waals surface area contributed by atoms with E-state index in [2.05, 4.69) is 9.71 Å². The number of rotatable bonds is 3. The van der Waals surface area contributed by atoms with Gasteiger partial charge in [0.05, 0.1) is 33.2 Å². The van der Waals surface area contributed by atoms with Gasteiger partial charge in [0.2, 0.25) is 0 Å². The van der Waals surface area contributed by atoms with Gasteiger partial charge in [-0.15, -0.1) is 4.40 Å². The van der Waals surface area contributed by atoms with Crippen molar-refractivity contribution in [1.82, 2.24) is 0 Å². The molecule has 0 radical (unpaired) electrons. The minimum absolute atomic E-state index is 0.00152. The van der Waals surface area contributed by atoms with E-state index in [-0.39, 0.29) is 21.2 Å². The van der Waals surface area contributed by atoms with Crippen molar-refractivity contribution in [2.45, 2.75) is 49.6 Å². The van der Waals surface area contributed by atoms with Gasteiger partial charge in [-0.2, -0.15) is 21.6 Å². The molecule has 0 spiro atoms. The molecule has 192 valence electrons. The summed E-state index contributed by atoms with van der Waals surface area (Å²) in [7, 11) is -4.07. The van der Waals surface area contributed by atoms with Gasteiger partial charge in [-0.3, -0.25) is 4.79 Å². The molecule has 2 aromatic rings. The molecule has 2 aromatic carbocycles. The molecule has 0 bridgehead atoms. The van der Waals surface area contributed by atoms with Crippen LogP contribution >= 0.6 is 11.6 Å². The van der Waals surface area contributed by atoms with Gasteiger partial charge in [-0.25, -0.2) is 0 Å². The van der Waals surface area contributed by atoms with Crippen LogP contribution in [-0.4, -0.2) is 39.8 Å². The van der Waals surface area contributed by atoms with Crippen LogP contribution in [0.1, 0.15) is 54.4 Å². The fourth-order valence-electron chi connectivity index (χ4n) is 4.91. The normalized spacial score (nSPS) is 19.3. The summed E-state index contributed by atoms with van der Waals surface area (Å²) in [6.07, 6.45) is 0.327. The van der Waals surface area contributed by atoms with Crippen LogP contribution in [0.5, 0.6) is 0 Å². The number of nitrogens with one attached hydrogen (secondary N) is 1. The minimum Gasteiger partial charge on any atom is -0.370 e. The van der Waals surface area contributed by atoms with Gasteiger partial charge < -0.3 is 15.1 Å². The molecular formula is C24H24ClF3N4O3S. The topological polar surface area (TPSA) is 82.1 Å². The highest BCUT2D eigenvalue weighted by Gasteiger charge is 2.34. The van der Waals surface area contributed by atoms with Gasteiger partial charge in [-0.05, 0) is 56.0 Å². The molecule has 3 heterocycles. The standard InChI is InChI=1S/C24H24ClF3N4O3S/c25-17-14-20-21(36(34,35)30-22-6-2-1-3-11-32(20)22)13-16(17)23(33)29-18-12-15(24(26,27)28)7-8-19(18)31-9-4-5-10-31/h7-8,12-14H,1-6,9-11H2,(H,29,33). The van der Waals surface area contributed by atoms with Crippen LogP contribution in [0.3, 0.4) is 0 Å². The lowest BCUT2D eigenvalue weighted by molar-refractivity contribution is -0.137. The van der Waals surface area contributed by atoms with Crippen LogP contribution in [0, 0.1) is 0 Å². The van der Waals surface area contributed by atoms with Crippen molar-refractivity contribution >= 4 is 50.4 Å². The third kappa shape index (κ3) is 4.66. The molecular weight excluding hydrogens is 517 g/mol. The second kappa shape index (κ2) is 9.26. The molecule has 12 heteroatoms. The van der Waals surface area contributed by atoms with E-state index in [1.165, 1.54) is 12.1 Å². The molecule has 1 amide bonds. The number of hydrogen-bond donors (Lipinski definition) is 1. The Labute approximate surface area is 212 Å². The Balaban J connectivity index is 1.53. The van der Waals surface area contributed by atoms with Crippen molar-refractivity contribution in [2.75, 3.05) is 34.8 Å². The maximum atomic E-state index is 13.4. The Kier molecular flexibility index (Phi) is 6.40. The number of anilines is 3. The van der Waals surface area contributed by atoms with Gasteiger partial charge in [0.25, 0.3) is 15.9 Å². The molecule has 0 atom stereocenters. The van der Waals surface area contributed by atoms with E-state index in [1.54, 1.807) is 0 Å². The van der Waals surface area contributed by atoms with Crippen LogP contribution in [0.2, 0.25) is 5.02 Å². The first kappa shape index (κ1) is 24.9. The Hall–Kier alpha value is -2.79. The second-order valence-corrected chi connectivity index (χ2v) is 11.1. The number of carbonyl (C=O) groups is 1. The van der Waals surface area contributed by atoms with Crippen LogP contribution in [0.25, 0.3) is 0 Å². The fourth-order valence-corrected chi connectivity index (χ4v) is 6.42. The van der Waals surface area contributed by atoms with Crippen LogP contribution in [0.4, 0.5) is 30.2 Å². The maximum Gasteiger partial charge on any atom is 0.416 e. The number of halogens is 4. The van der Waals surface area contributed by atoms with Crippen molar-refractivity contribution in [2.24, 2.45) is 4.40 Å². The van der Waals surface area contributed by atoms with Crippen molar-refractivity contribution in [3.05, 3.63) is 46.5 Å². The highest BCUT2D eigenvalue weighted by Crippen LogP contribution is 2.40. The molecule has 0 unspecified atom stereocenters. The average Bonchev–Trinajstić information content (AvgIpc) is 3.24. The first-order chi connectivity index (χ1) is 17.0. The Morgan fingerprint density at radius 3 is 2.42 bits per heavy atom. The molecule has 5 rings (SSSR count). The van der Waals surface area contributed by atoms with Crippen molar-refractivity contribution < 1.29 is 26.4 Å². The van der Waals surface area contributed by atoms with E-state index in [0.717, 1.165) is 50.3 Å². The van der Waals surface area contributed by atoms with Crippen LogP contribution in [-0.2, 0) is 16.2 Å². The molecule has 2 fully saturated rings. The molecule has 36 heavy (non-hydrogen) atoms. The van der Waals surface area contributed by atoms with E-state index in [0.29, 0.717) is 43.3 Å². The fraction of sp³-hybridized carbons (Fsp3) is 0.417. The SMILES string of the molecule is O=C(Nc1cc(C(F)(F)F)ccc1N1CCCC1)c1cc2c(cc1Cl)N1CCCCCC1=NS2(=O)=O. The lowest BCUT2D eigenvalue weighted by Crippen LogP contribution is -2.35. The zero-order chi connectivity index (χ0) is 25.7. The van der Waals surface area contributed by atoms with Gasteiger partial charge in [0, 0.05) is 26.1 Å². The molecule has 0 saturated carbocycles. The number of sulfonamides is 1. The quantitative estimate of drug-likeness (QED) is 0.540. The molecule has 0 aliphatic carbocycles. The summed E-state index contributed by atoms with van der Waals surface area (Å²) in [6.45, 7) is 1.89. The van der Waals surface area contributed by atoms with E-state index >= 15 is 0 Å². The summed E-state index contributed by atoms with van der Waals surface area (Å²) in [6, 6.07) is 5.81. The third-order valence-electron chi connectivity index (χ3n) is 6.70. The lowest BCUT2D eigenvalue weighted by atomic mass is 10.1. The molecule has 2 saturated heterocycles. The lowest BCUT2D eigenvalue weighted by Gasteiger charge is -2.30. The monoisotopic (exact) mass is 540 g/mol. The summed E-state index contributed by atoms with van der Waals surface area (Å²) in [5.41, 5.74) is -0.240. The van der Waals surface area contributed by atoms with E-state index in [9.17, 15) is 26.4 Å². The number of benzene rings is 2. The Bertz CT molecular complexity index is 1360. The van der Waals surface area contributed by atoms with Gasteiger partial charge in [-0.1, -0.05) is 18.0 Å². The average molecular weight is 541 g/mol. The van der Waals surface area contributed by atoms with E-state index in [1.807, 2.05) is 9.80 Å². The largest absolute Gasteiger partial charge is 0.416 e. The number of alkyl halides is 3. The predicted molar refractivity (Wildman–Crippen MR) is 133 cm³/mol. The number of fused-ring (bicyclic) bond motifs is 3. The van der Waals surface area contributed by atoms with E-state index < -0.39 is 27.7 Å². The van der Waals surface area contributed by atoms with Crippen LogP contribution in [0.15, 0.2) is 39.6 Å². The van der Waals surface area contributed by atoms with E-state index in [4.69, 9.17) is 11.6 Å². The van der Waals surface area contributed by atoms with Gasteiger partial charge >= 0.3 is 6.18 Å². The number of carbonyl (C=O) groups excluding carboxylic acids is 1. The number of amides is 1. The number of amidine groups is 1. The highest BCUT2D eigenvalue weighted by atomic mass is 35.5. The smallest absolute Gasteiger partial charge is 0.370 e. The molecule has 3 aliphatic heterocycles. The molecule has 7 nitrogen and oxygen atoms in total. The number of hydrogen-bond acceptors (Lipinski definition) is 5.